The number of ether oxygens (including phenoxy) is 1. The van der Waals surface area contributed by atoms with Crippen molar-refractivity contribution in [1.29, 1.82) is 0 Å². The molecule has 0 fully saturated rings. The second-order valence-electron chi connectivity index (χ2n) is 4.13. The van der Waals surface area contributed by atoms with Crippen molar-refractivity contribution in [2.24, 2.45) is 0 Å². The predicted molar refractivity (Wildman–Crippen MR) is 75.8 cm³/mol. The van der Waals surface area contributed by atoms with Crippen LogP contribution in [0.2, 0.25) is 5.15 Å². The molecule has 0 aliphatic rings. The smallest absolute Gasteiger partial charge is 0.355 e. The van der Waals surface area contributed by atoms with Crippen LogP contribution in [0.15, 0.2) is 42.9 Å². The molecule has 0 amide bonds. The van der Waals surface area contributed by atoms with E-state index >= 15 is 0 Å². The summed E-state index contributed by atoms with van der Waals surface area (Å²) >= 11 is 5.76. The van der Waals surface area contributed by atoms with Crippen LogP contribution in [0, 0.1) is 0 Å². The van der Waals surface area contributed by atoms with Gasteiger partial charge in [0.05, 0.1) is 0 Å². The number of fused-ring (bicyclic) bond motifs is 1. The molecule has 0 saturated heterocycles. The van der Waals surface area contributed by atoms with E-state index in [4.69, 9.17) is 21.4 Å². The number of hydrogen-bond donors (Lipinski definition) is 1. The van der Waals surface area contributed by atoms with E-state index < -0.39 is 5.97 Å². The van der Waals surface area contributed by atoms with Gasteiger partial charge in [-0.05, 0) is 29.7 Å². The first-order chi connectivity index (χ1) is 10.1. The lowest BCUT2D eigenvalue weighted by molar-refractivity contribution is 0.0693. The van der Waals surface area contributed by atoms with Crippen molar-refractivity contribution in [1.82, 2.24) is 15.0 Å². The van der Waals surface area contributed by atoms with Crippen LogP contribution in [-0.2, 0) is 0 Å². The molecule has 0 radical (unpaired) electrons. The summed E-state index contributed by atoms with van der Waals surface area (Å²) in [4.78, 5) is 22.7. The number of carboxylic acids is 1. The van der Waals surface area contributed by atoms with Gasteiger partial charge in [0.15, 0.2) is 5.69 Å². The molecule has 6 nitrogen and oxygen atoms in total. The molecule has 0 unspecified atom stereocenters. The Morgan fingerprint density at radius 1 is 1.14 bits per heavy atom. The minimum Gasteiger partial charge on any atom is -0.476 e. The summed E-state index contributed by atoms with van der Waals surface area (Å²) in [6.07, 6.45) is 2.74. The minimum absolute atomic E-state index is 0.00382. The molecule has 2 heterocycles. The van der Waals surface area contributed by atoms with Crippen LogP contribution < -0.4 is 4.74 Å². The highest BCUT2D eigenvalue weighted by molar-refractivity contribution is 6.29. The average Bonchev–Trinajstić information content (AvgIpc) is 2.46. The molecule has 0 aliphatic heterocycles. The highest BCUT2D eigenvalue weighted by Crippen LogP contribution is 2.26. The van der Waals surface area contributed by atoms with Crippen molar-refractivity contribution in [2.75, 3.05) is 0 Å². The van der Waals surface area contributed by atoms with Crippen LogP contribution in [0.5, 0.6) is 11.6 Å². The summed E-state index contributed by atoms with van der Waals surface area (Å²) in [6.45, 7) is 0. The Hall–Kier alpha value is -2.73. The Morgan fingerprint density at radius 2 is 2.00 bits per heavy atom. The Morgan fingerprint density at radius 3 is 2.76 bits per heavy atom. The van der Waals surface area contributed by atoms with E-state index in [2.05, 4.69) is 15.0 Å². The number of nitrogens with zero attached hydrogens (tertiary/aromatic N) is 3. The van der Waals surface area contributed by atoms with Crippen molar-refractivity contribution in [3.8, 4) is 11.6 Å². The molecule has 0 saturated carbocycles. The van der Waals surface area contributed by atoms with Crippen molar-refractivity contribution < 1.29 is 14.6 Å². The summed E-state index contributed by atoms with van der Waals surface area (Å²) < 4.78 is 5.56. The molecule has 3 aromatic rings. The Labute approximate surface area is 124 Å². The zero-order valence-electron chi connectivity index (χ0n) is 10.5. The topological polar surface area (TPSA) is 85.2 Å². The summed E-state index contributed by atoms with van der Waals surface area (Å²) in [5, 5.41) is 10.6. The van der Waals surface area contributed by atoms with Gasteiger partial charge in [0.2, 0.25) is 5.88 Å². The maximum absolute atomic E-state index is 11.1. The molecule has 3 rings (SSSR count). The standard InChI is InChI=1S/C14H8ClN3O3/c15-11-6-12(18-7-17-11)21-9-1-2-10-8(5-9)3-4-16-13(10)14(19)20/h1-7H,(H,19,20). The van der Waals surface area contributed by atoms with Gasteiger partial charge in [-0.2, -0.15) is 0 Å². The van der Waals surface area contributed by atoms with E-state index in [1.54, 1.807) is 24.3 Å². The number of hydrogen-bond acceptors (Lipinski definition) is 5. The van der Waals surface area contributed by atoms with Gasteiger partial charge in [0.1, 0.15) is 17.2 Å². The number of rotatable bonds is 3. The number of halogens is 1. The Kier molecular flexibility index (Phi) is 3.37. The molecule has 104 valence electrons. The molecular weight excluding hydrogens is 294 g/mol. The largest absolute Gasteiger partial charge is 0.476 e. The molecule has 7 heteroatoms. The molecule has 0 spiro atoms. The lowest BCUT2D eigenvalue weighted by atomic mass is 10.1. The minimum atomic E-state index is -1.07. The van der Waals surface area contributed by atoms with E-state index in [9.17, 15) is 4.79 Å². The molecule has 2 aromatic heterocycles. The first kappa shape index (κ1) is 13.3. The lowest BCUT2D eigenvalue weighted by Crippen LogP contribution is -2.00. The van der Waals surface area contributed by atoms with Crippen LogP contribution in [0.3, 0.4) is 0 Å². The number of aromatic nitrogens is 3. The number of carbonyl (C=O) groups is 1. The van der Waals surface area contributed by atoms with Crippen molar-refractivity contribution >= 4 is 28.3 Å². The third-order valence-corrected chi connectivity index (χ3v) is 2.98. The predicted octanol–water partition coefficient (Wildman–Crippen LogP) is 3.17. The summed E-state index contributed by atoms with van der Waals surface area (Å²) in [7, 11) is 0. The molecule has 21 heavy (non-hydrogen) atoms. The van der Waals surface area contributed by atoms with E-state index in [0.29, 0.717) is 22.4 Å². The van der Waals surface area contributed by atoms with Gasteiger partial charge >= 0.3 is 5.97 Å². The molecule has 0 atom stereocenters. The third kappa shape index (κ3) is 2.75. The van der Waals surface area contributed by atoms with Crippen molar-refractivity contribution in [2.45, 2.75) is 0 Å². The number of aromatic carboxylic acids is 1. The maximum Gasteiger partial charge on any atom is 0.355 e. The quantitative estimate of drug-likeness (QED) is 0.748. The second-order valence-corrected chi connectivity index (χ2v) is 4.52. The Bertz CT molecular complexity index is 839. The fraction of sp³-hybridized carbons (Fsp3) is 0. The normalized spacial score (nSPS) is 10.5. The lowest BCUT2D eigenvalue weighted by Gasteiger charge is -2.07. The first-order valence-electron chi connectivity index (χ1n) is 5.91. The van der Waals surface area contributed by atoms with Crippen molar-refractivity contribution in [3.05, 3.63) is 53.7 Å². The highest BCUT2D eigenvalue weighted by Gasteiger charge is 2.10. The first-order valence-corrected chi connectivity index (χ1v) is 6.29. The summed E-state index contributed by atoms with van der Waals surface area (Å²) in [6, 6.07) is 8.19. The van der Waals surface area contributed by atoms with E-state index in [1.807, 2.05) is 0 Å². The summed E-state index contributed by atoms with van der Waals surface area (Å²) in [5.41, 5.74) is 0.00382. The third-order valence-electron chi connectivity index (χ3n) is 2.77. The molecule has 1 N–H and O–H groups in total. The van der Waals surface area contributed by atoms with E-state index in [0.717, 1.165) is 0 Å². The van der Waals surface area contributed by atoms with Gasteiger partial charge in [0.25, 0.3) is 0 Å². The van der Waals surface area contributed by atoms with Crippen LogP contribution in [0.1, 0.15) is 10.5 Å². The van der Waals surface area contributed by atoms with Crippen LogP contribution >= 0.6 is 11.6 Å². The van der Waals surface area contributed by atoms with Crippen LogP contribution in [-0.4, -0.2) is 26.0 Å². The zero-order valence-corrected chi connectivity index (χ0v) is 11.3. The SMILES string of the molecule is O=C(O)c1nccc2cc(Oc3cc(Cl)ncn3)ccc12. The maximum atomic E-state index is 11.1. The fourth-order valence-electron chi connectivity index (χ4n) is 1.88. The van der Waals surface area contributed by atoms with Crippen LogP contribution in [0.25, 0.3) is 10.8 Å². The van der Waals surface area contributed by atoms with Gasteiger partial charge in [0, 0.05) is 17.6 Å². The van der Waals surface area contributed by atoms with Crippen LogP contribution in [0.4, 0.5) is 0 Å². The van der Waals surface area contributed by atoms with Crippen molar-refractivity contribution in [3.63, 3.8) is 0 Å². The number of pyridine rings is 1. The molecule has 1 aromatic carbocycles. The molecule has 0 aliphatic carbocycles. The Balaban J connectivity index is 2.00. The van der Waals surface area contributed by atoms with E-state index in [-0.39, 0.29) is 10.8 Å². The fourth-order valence-corrected chi connectivity index (χ4v) is 2.02. The number of benzene rings is 1. The monoisotopic (exact) mass is 301 g/mol. The molecular formula is C14H8ClN3O3. The van der Waals surface area contributed by atoms with Gasteiger partial charge in [-0.25, -0.2) is 19.7 Å². The van der Waals surface area contributed by atoms with Gasteiger partial charge in [-0.15, -0.1) is 0 Å². The van der Waals surface area contributed by atoms with Gasteiger partial charge in [-0.3, -0.25) is 0 Å². The average molecular weight is 302 g/mol. The molecule has 0 bridgehead atoms. The summed E-state index contributed by atoms with van der Waals surface area (Å²) in [5.74, 6) is -0.251. The van der Waals surface area contributed by atoms with Gasteiger partial charge < -0.3 is 9.84 Å². The van der Waals surface area contributed by atoms with E-state index in [1.165, 1.54) is 18.6 Å². The number of carboxylic acid groups (broad SMARTS) is 1. The highest BCUT2D eigenvalue weighted by atomic mass is 35.5. The second kappa shape index (κ2) is 5.34. The zero-order chi connectivity index (χ0) is 14.8. The van der Waals surface area contributed by atoms with Gasteiger partial charge in [-0.1, -0.05) is 11.6 Å².